The van der Waals surface area contributed by atoms with E-state index in [4.69, 9.17) is 14.7 Å². The smallest absolute Gasteiger partial charge is 0.451 e. The number of rotatable bonds is 13. The van der Waals surface area contributed by atoms with Crippen LogP contribution in [0.4, 0.5) is 24.9 Å². The fourth-order valence-electron chi connectivity index (χ4n) is 8.09. The predicted molar refractivity (Wildman–Crippen MR) is 210 cm³/mol. The number of ether oxygens (including phenoxy) is 1. The number of nitrogens with one attached hydrogen (secondary N) is 2. The van der Waals surface area contributed by atoms with Crippen LogP contribution in [0.2, 0.25) is 0 Å². The van der Waals surface area contributed by atoms with Crippen LogP contribution in [0.25, 0.3) is 11.2 Å². The van der Waals surface area contributed by atoms with Crippen LogP contribution < -0.4 is 10.6 Å². The molecule has 13 nitrogen and oxygen atoms in total. The number of nitrogens with zero attached hydrogens (tertiary/aromatic N) is 7. The molecule has 2 fully saturated rings. The summed E-state index contributed by atoms with van der Waals surface area (Å²) in [5.41, 5.74) is 4.58. The largest absolute Gasteiger partial charge is 0.490 e. The molecule has 3 aromatic heterocycles. The van der Waals surface area contributed by atoms with Crippen LogP contribution in [-0.4, -0.2) is 94.4 Å². The summed E-state index contributed by atoms with van der Waals surface area (Å²) in [6.07, 6.45) is -2.53. The van der Waals surface area contributed by atoms with Crippen LogP contribution in [0.15, 0.2) is 110 Å². The minimum absolute atomic E-state index is 0.00840. The zero-order valence-corrected chi connectivity index (χ0v) is 31.5. The van der Waals surface area contributed by atoms with E-state index in [-0.39, 0.29) is 25.0 Å². The van der Waals surface area contributed by atoms with Gasteiger partial charge in [0.2, 0.25) is 5.95 Å². The van der Waals surface area contributed by atoms with Crippen LogP contribution in [-0.2, 0) is 22.7 Å². The van der Waals surface area contributed by atoms with Gasteiger partial charge in [-0.3, -0.25) is 9.58 Å². The van der Waals surface area contributed by atoms with Crippen molar-refractivity contribution in [1.82, 2.24) is 34.2 Å². The Hall–Kier alpha value is -5.84. The first-order valence-corrected chi connectivity index (χ1v) is 19.4. The summed E-state index contributed by atoms with van der Waals surface area (Å²) in [6.45, 7) is 2.68. The zero-order valence-electron chi connectivity index (χ0n) is 31.5. The highest BCUT2D eigenvalue weighted by atomic mass is 19.4. The molecule has 0 spiro atoms. The number of alkyl halides is 3. The number of piperidine rings is 1. The van der Waals surface area contributed by atoms with Crippen LogP contribution in [0.3, 0.4) is 0 Å². The lowest BCUT2D eigenvalue weighted by molar-refractivity contribution is -0.210. The van der Waals surface area contributed by atoms with Crippen LogP contribution in [0, 0.1) is 0 Å². The number of imidazole rings is 1. The summed E-state index contributed by atoms with van der Waals surface area (Å²) in [6, 6.07) is 28.7. The van der Waals surface area contributed by atoms with Crippen molar-refractivity contribution in [1.29, 1.82) is 0 Å². The van der Waals surface area contributed by atoms with E-state index in [1.54, 1.807) is 4.57 Å². The standard InChI is InChI=1S/C42H44F3N9O4/c43-42(44,45)40(57)58-37-34(54-24-28(25-55)21-48-54)20-33(36(37)56)53-26-47-35-38(46-22-32(29-12-6-2-7-13-29)30-14-8-3-9-15-30)50-41(51-39(35)53)49-31-16-18-52(19-17-31)23-27-10-4-1-5-11-27/h1-15,21,24,26,31-34,36-37,55-56H,16-20,22-23,25H2,(H2,46,49,50,51)/t33-,34+,36+,37-/m1/s1. The van der Waals surface area contributed by atoms with E-state index in [9.17, 15) is 28.2 Å². The Morgan fingerprint density at radius 3 is 2.17 bits per heavy atom. The fourth-order valence-corrected chi connectivity index (χ4v) is 8.09. The SMILES string of the molecule is O=C(O[C@H]1[C@@H](O)[C@H](n2cnc3c(NCC(c4ccccc4)c4ccccc4)nc(NC4CCN(Cc5ccccc5)CC4)nc32)C[C@@H]1n1cc(CO)cn1)C(F)(F)F. The average Bonchev–Trinajstić information content (AvgIpc) is 3.97. The minimum Gasteiger partial charge on any atom is -0.451 e. The van der Waals surface area contributed by atoms with Gasteiger partial charge >= 0.3 is 12.1 Å². The second-order valence-electron chi connectivity index (χ2n) is 14.9. The molecule has 4 atom stereocenters. The first-order chi connectivity index (χ1) is 28.1. The molecule has 4 heterocycles. The number of anilines is 2. The molecule has 0 bridgehead atoms. The second kappa shape index (κ2) is 16.9. The van der Waals surface area contributed by atoms with Gasteiger partial charge in [0.1, 0.15) is 6.10 Å². The van der Waals surface area contributed by atoms with Gasteiger partial charge in [0.15, 0.2) is 23.1 Å². The molecule has 0 amide bonds. The van der Waals surface area contributed by atoms with Crippen molar-refractivity contribution < 1.29 is 32.9 Å². The van der Waals surface area contributed by atoms with E-state index >= 15 is 0 Å². The number of aromatic nitrogens is 6. The van der Waals surface area contributed by atoms with Gasteiger partial charge in [-0.05, 0) is 36.0 Å². The molecule has 6 aromatic rings. The van der Waals surface area contributed by atoms with Gasteiger partial charge in [0.05, 0.1) is 31.2 Å². The Bertz CT molecular complexity index is 2240. The number of benzene rings is 3. The number of fused-ring (bicyclic) bond motifs is 1. The average molecular weight is 796 g/mol. The lowest BCUT2D eigenvalue weighted by Crippen LogP contribution is -2.39. The van der Waals surface area contributed by atoms with Gasteiger partial charge in [0, 0.05) is 49.9 Å². The number of hydrogen-bond donors (Lipinski definition) is 4. The molecule has 1 aliphatic carbocycles. The van der Waals surface area contributed by atoms with Crippen molar-refractivity contribution in [3.8, 4) is 0 Å². The summed E-state index contributed by atoms with van der Waals surface area (Å²) >= 11 is 0. The van der Waals surface area contributed by atoms with Crippen molar-refractivity contribution >= 4 is 28.9 Å². The predicted octanol–water partition coefficient (Wildman–Crippen LogP) is 5.86. The number of carbonyl (C=O) groups is 1. The third kappa shape index (κ3) is 8.54. The van der Waals surface area contributed by atoms with Gasteiger partial charge in [0.25, 0.3) is 0 Å². The van der Waals surface area contributed by atoms with E-state index in [1.165, 1.54) is 29.0 Å². The fraction of sp³-hybridized carbons (Fsp3) is 0.357. The molecule has 0 radical (unpaired) electrons. The maximum atomic E-state index is 13.5. The van der Waals surface area contributed by atoms with E-state index in [0.717, 1.165) is 43.6 Å². The summed E-state index contributed by atoms with van der Waals surface area (Å²) in [5.74, 6) is -1.71. The molecule has 2 aliphatic rings. The highest BCUT2D eigenvalue weighted by Crippen LogP contribution is 2.42. The third-order valence-electron chi connectivity index (χ3n) is 11.1. The molecular weight excluding hydrogens is 752 g/mol. The summed E-state index contributed by atoms with van der Waals surface area (Å²) in [7, 11) is 0. The molecule has 0 unspecified atom stereocenters. The lowest BCUT2D eigenvalue weighted by Gasteiger charge is -2.32. The summed E-state index contributed by atoms with van der Waals surface area (Å²) < 4.78 is 48.3. The first kappa shape index (κ1) is 39.0. The van der Waals surface area contributed by atoms with Gasteiger partial charge in [-0.2, -0.15) is 28.2 Å². The van der Waals surface area contributed by atoms with Gasteiger partial charge in [-0.25, -0.2) is 9.78 Å². The van der Waals surface area contributed by atoms with Gasteiger partial charge < -0.3 is 30.2 Å². The van der Waals surface area contributed by atoms with E-state index < -0.39 is 36.4 Å². The maximum Gasteiger partial charge on any atom is 0.490 e. The molecule has 58 heavy (non-hydrogen) atoms. The van der Waals surface area contributed by atoms with Gasteiger partial charge in [-0.15, -0.1) is 0 Å². The van der Waals surface area contributed by atoms with Crippen LogP contribution in [0.1, 0.15) is 59.5 Å². The van der Waals surface area contributed by atoms with Crippen molar-refractivity contribution in [2.24, 2.45) is 0 Å². The molecule has 3 aromatic carbocycles. The van der Waals surface area contributed by atoms with Crippen LogP contribution >= 0.6 is 0 Å². The minimum atomic E-state index is -5.28. The highest BCUT2D eigenvalue weighted by Gasteiger charge is 2.51. The molecule has 8 rings (SSSR count). The number of aliphatic hydroxyl groups excluding tert-OH is 2. The molecule has 1 aliphatic heterocycles. The quantitative estimate of drug-likeness (QED) is 0.104. The molecular formula is C42H44F3N9O4. The maximum absolute atomic E-state index is 13.5. The Morgan fingerprint density at radius 1 is 0.897 bits per heavy atom. The first-order valence-electron chi connectivity index (χ1n) is 19.4. The monoisotopic (exact) mass is 795 g/mol. The number of likely N-dealkylation sites (tertiary alicyclic amines) is 1. The summed E-state index contributed by atoms with van der Waals surface area (Å²) in [5, 5.41) is 32.6. The van der Waals surface area contributed by atoms with Crippen LogP contribution in [0.5, 0.6) is 0 Å². The molecule has 1 saturated heterocycles. The van der Waals surface area contributed by atoms with E-state index in [1.807, 2.05) is 54.6 Å². The van der Waals surface area contributed by atoms with E-state index in [2.05, 4.69) is 62.0 Å². The van der Waals surface area contributed by atoms with Crippen molar-refractivity contribution in [3.05, 3.63) is 132 Å². The number of aliphatic hydroxyl groups is 2. The normalized spacial score (nSPS) is 20.4. The van der Waals surface area contributed by atoms with E-state index in [0.29, 0.717) is 35.0 Å². The van der Waals surface area contributed by atoms with Crippen molar-refractivity contribution in [2.45, 2.75) is 74.8 Å². The Balaban J connectivity index is 1.12. The summed E-state index contributed by atoms with van der Waals surface area (Å²) in [4.78, 5) is 29.1. The molecule has 4 N–H and O–H groups in total. The Labute approximate surface area is 332 Å². The number of carbonyl (C=O) groups excluding carboxylic acids is 1. The highest BCUT2D eigenvalue weighted by molar-refractivity contribution is 5.84. The topological polar surface area (TPSA) is 155 Å². The molecule has 16 heteroatoms. The van der Waals surface area contributed by atoms with Crippen molar-refractivity contribution in [2.75, 3.05) is 30.3 Å². The number of halogens is 3. The third-order valence-corrected chi connectivity index (χ3v) is 11.1. The van der Waals surface area contributed by atoms with Crippen molar-refractivity contribution in [3.63, 3.8) is 0 Å². The molecule has 1 saturated carbocycles. The number of hydrogen-bond acceptors (Lipinski definition) is 11. The van der Waals surface area contributed by atoms with Gasteiger partial charge in [-0.1, -0.05) is 91.0 Å². The zero-order chi connectivity index (χ0) is 40.2. The lowest BCUT2D eigenvalue weighted by atomic mass is 9.91. The number of esters is 1. The molecule has 302 valence electrons. The Morgan fingerprint density at radius 2 is 1.55 bits per heavy atom. The Kier molecular flexibility index (Phi) is 11.4. The second-order valence-corrected chi connectivity index (χ2v) is 14.9.